The number of thioether (sulfide) groups is 1. The van der Waals surface area contributed by atoms with Crippen molar-refractivity contribution in [1.29, 1.82) is 0 Å². The van der Waals surface area contributed by atoms with Crippen LogP contribution in [0.5, 0.6) is 5.75 Å². The molecule has 0 saturated carbocycles. The Morgan fingerprint density at radius 1 is 1.35 bits per heavy atom. The van der Waals surface area contributed by atoms with E-state index in [0.717, 1.165) is 0 Å². The van der Waals surface area contributed by atoms with Crippen LogP contribution >= 0.6 is 23.4 Å². The summed E-state index contributed by atoms with van der Waals surface area (Å²) >= 11 is 7.04. The first kappa shape index (κ1) is 12.9. The fourth-order valence-corrected chi connectivity index (χ4v) is 2.75. The second-order valence-corrected chi connectivity index (χ2v) is 5.15. The zero-order valence-corrected chi connectivity index (χ0v) is 10.3. The van der Waals surface area contributed by atoms with Crippen LogP contribution in [-0.2, 0) is 0 Å². The SMILES string of the molecule is O[C@@H]1[C@@H](O)[C@@H](Oc2cccnc2Cl)SC[C@H]1O. The molecule has 0 aromatic carbocycles. The van der Waals surface area contributed by atoms with Gasteiger partial charge in [0.2, 0.25) is 0 Å². The van der Waals surface area contributed by atoms with Crippen LogP contribution in [0.4, 0.5) is 0 Å². The van der Waals surface area contributed by atoms with Crippen LogP contribution in [0, 0.1) is 0 Å². The number of aliphatic hydroxyl groups excluding tert-OH is 3. The number of rotatable bonds is 2. The molecular formula is C10H12ClNO4S. The predicted octanol–water partition coefficient (Wildman–Crippen LogP) is 0.269. The summed E-state index contributed by atoms with van der Waals surface area (Å²) in [4.78, 5) is 3.84. The van der Waals surface area contributed by atoms with Gasteiger partial charge in [-0.2, -0.15) is 0 Å². The Balaban J connectivity index is 2.07. The topological polar surface area (TPSA) is 82.8 Å². The summed E-state index contributed by atoms with van der Waals surface area (Å²) in [5.41, 5.74) is -0.671. The monoisotopic (exact) mass is 277 g/mol. The van der Waals surface area contributed by atoms with Crippen LogP contribution in [0.25, 0.3) is 0 Å². The fraction of sp³-hybridized carbons (Fsp3) is 0.500. The van der Waals surface area contributed by atoms with Gasteiger partial charge in [0.05, 0.1) is 6.10 Å². The van der Waals surface area contributed by atoms with Gasteiger partial charge in [0, 0.05) is 11.9 Å². The number of halogens is 1. The third-order valence-corrected chi connectivity index (χ3v) is 3.94. The molecule has 0 unspecified atom stereocenters. The number of aromatic nitrogens is 1. The standard InChI is InChI=1S/C10H12ClNO4S/c11-9-6(2-1-3-12-9)16-10-8(15)7(14)5(13)4-17-10/h1-3,5,7-8,10,13-15H,4H2/t5-,7+,8-,10+/m1/s1. The van der Waals surface area contributed by atoms with Crippen LogP contribution < -0.4 is 4.74 Å². The molecule has 1 saturated heterocycles. The van der Waals surface area contributed by atoms with E-state index in [4.69, 9.17) is 16.3 Å². The van der Waals surface area contributed by atoms with E-state index in [2.05, 4.69) is 4.98 Å². The van der Waals surface area contributed by atoms with Crippen molar-refractivity contribution in [3.05, 3.63) is 23.5 Å². The average Bonchev–Trinajstić information content (AvgIpc) is 2.32. The summed E-state index contributed by atoms with van der Waals surface area (Å²) < 4.78 is 5.46. The highest BCUT2D eigenvalue weighted by atomic mass is 35.5. The van der Waals surface area contributed by atoms with Crippen molar-refractivity contribution in [3.63, 3.8) is 0 Å². The number of aliphatic hydroxyl groups is 3. The molecule has 0 amide bonds. The van der Waals surface area contributed by atoms with Crippen molar-refractivity contribution in [2.24, 2.45) is 0 Å². The molecule has 7 heteroatoms. The third-order valence-electron chi connectivity index (χ3n) is 2.42. The molecule has 3 N–H and O–H groups in total. The fourth-order valence-electron chi connectivity index (χ4n) is 1.47. The number of ether oxygens (including phenoxy) is 1. The Hall–Kier alpha value is -0.530. The van der Waals surface area contributed by atoms with Crippen LogP contribution in [0.3, 0.4) is 0 Å². The highest BCUT2D eigenvalue weighted by molar-refractivity contribution is 7.99. The molecule has 2 heterocycles. The molecule has 0 spiro atoms. The highest BCUT2D eigenvalue weighted by Gasteiger charge is 2.38. The van der Waals surface area contributed by atoms with Crippen molar-refractivity contribution in [3.8, 4) is 5.75 Å². The summed E-state index contributed by atoms with van der Waals surface area (Å²) in [6.45, 7) is 0. The third kappa shape index (κ3) is 2.83. The summed E-state index contributed by atoms with van der Waals surface area (Å²) in [6.07, 6.45) is -1.80. The molecule has 2 rings (SSSR count). The van der Waals surface area contributed by atoms with E-state index < -0.39 is 23.7 Å². The normalized spacial score (nSPS) is 33.4. The smallest absolute Gasteiger partial charge is 0.173 e. The Morgan fingerprint density at radius 3 is 2.82 bits per heavy atom. The van der Waals surface area contributed by atoms with Crippen LogP contribution in [0.15, 0.2) is 18.3 Å². The van der Waals surface area contributed by atoms with Crippen molar-refractivity contribution in [2.75, 3.05) is 5.75 Å². The first-order valence-electron chi connectivity index (χ1n) is 5.02. The zero-order chi connectivity index (χ0) is 12.4. The van der Waals surface area contributed by atoms with Crippen LogP contribution in [0.1, 0.15) is 0 Å². The molecule has 1 aromatic heterocycles. The maximum absolute atomic E-state index is 9.74. The van der Waals surface area contributed by atoms with E-state index in [9.17, 15) is 15.3 Å². The lowest BCUT2D eigenvalue weighted by Crippen LogP contribution is -2.50. The minimum absolute atomic E-state index is 0.195. The van der Waals surface area contributed by atoms with Crippen molar-refractivity contribution in [1.82, 2.24) is 4.98 Å². The Morgan fingerprint density at radius 2 is 2.12 bits per heavy atom. The van der Waals surface area contributed by atoms with Gasteiger partial charge in [-0.1, -0.05) is 11.6 Å². The molecule has 1 fully saturated rings. The zero-order valence-electron chi connectivity index (χ0n) is 8.73. The van der Waals surface area contributed by atoms with Gasteiger partial charge in [-0.25, -0.2) is 4.98 Å². The number of hydrogen-bond acceptors (Lipinski definition) is 6. The second kappa shape index (κ2) is 5.41. The minimum Gasteiger partial charge on any atom is -0.474 e. The molecular weight excluding hydrogens is 266 g/mol. The van der Waals surface area contributed by atoms with Gasteiger partial charge >= 0.3 is 0 Å². The number of nitrogens with zero attached hydrogens (tertiary/aromatic N) is 1. The van der Waals surface area contributed by atoms with E-state index in [-0.39, 0.29) is 5.15 Å². The van der Waals surface area contributed by atoms with Crippen molar-refractivity contribution >= 4 is 23.4 Å². The number of pyridine rings is 1. The first-order valence-corrected chi connectivity index (χ1v) is 6.45. The Kier molecular flexibility index (Phi) is 4.11. The summed E-state index contributed by atoms with van der Waals surface area (Å²) in [7, 11) is 0. The van der Waals surface area contributed by atoms with Gasteiger partial charge in [0.25, 0.3) is 0 Å². The molecule has 1 aliphatic rings. The van der Waals surface area contributed by atoms with Crippen molar-refractivity contribution < 1.29 is 20.1 Å². The maximum Gasteiger partial charge on any atom is 0.173 e. The van der Waals surface area contributed by atoms with Crippen LogP contribution in [-0.4, -0.2) is 49.8 Å². The molecule has 0 aliphatic carbocycles. The lowest BCUT2D eigenvalue weighted by Gasteiger charge is -2.34. The molecule has 5 nitrogen and oxygen atoms in total. The Labute approximate surface area is 107 Å². The van der Waals surface area contributed by atoms with Gasteiger partial charge in [0.15, 0.2) is 16.3 Å². The lowest BCUT2D eigenvalue weighted by molar-refractivity contribution is -0.0786. The van der Waals surface area contributed by atoms with Gasteiger partial charge < -0.3 is 20.1 Å². The highest BCUT2D eigenvalue weighted by Crippen LogP contribution is 2.31. The summed E-state index contributed by atoms with van der Waals surface area (Å²) in [6, 6.07) is 3.28. The maximum atomic E-state index is 9.74. The summed E-state index contributed by atoms with van der Waals surface area (Å²) in [5, 5.41) is 28.8. The molecule has 4 atom stereocenters. The molecule has 1 aliphatic heterocycles. The molecule has 0 bridgehead atoms. The molecule has 94 valence electrons. The van der Waals surface area contributed by atoms with Gasteiger partial charge in [-0.3, -0.25) is 0 Å². The van der Waals surface area contributed by atoms with E-state index >= 15 is 0 Å². The number of hydrogen-bond donors (Lipinski definition) is 3. The van der Waals surface area contributed by atoms with E-state index in [1.165, 1.54) is 18.0 Å². The Bertz CT molecular complexity index is 394. The van der Waals surface area contributed by atoms with Gasteiger partial charge in [0.1, 0.15) is 12.2 Å². The molecule has 1 aromatic rings. The predicted molar refractivity (Wildman–Crippen MR) is 64.1 cm³/mol. The van der Waals surface area contributed by atoms with E-state index in [1.54, 1.807) is 12.1 Å². The minimum atomic E-state index is -1.21. The van der Waals surface area contributed by atoms with Gasteiger partial charge in [-0.05, 0) is 12.1 Å². The summed E-state index contributed by atoms with van der Waals surface area (Å²) in [5.74, 6) is 0.634. The van der Waals surface area contributed by atoms with E-state index in [0.29, 0.717) is 11.5 Å². The average molecular weight is 278 g/mol. The quantitative estimate of drug-likeness (QED) is 0.673. The molecule has 17 heavy (non-hydrogen) atoms. The van der Waals surface area contributed by atoms with E-state index in [1.807, 2.05) is 0 Å². The van der Waals surface area contributed by atoms with Crippen molar-refractivity contribution in [2.45, 2.75) is 23.7 Å². The van der Waals surface area contributed by atoms with Gasteiger partial charge in [-0.15, -0.1) is 11.8 Å². The van der Waals surface area contributed by atoms with Crippen LogP contribution in [0.2, 0.25) is 5.15 Å². The first-order chi connectivity index (χ1) is 8.09. The largest absolute Gasteiger partial charge is 0.474 e. The lowest BCUT2D eigenvalue weighted by atomic mass is 10.1. The molecule has 0 radical (unpaired) electrons. The second-order valence-electron chi connectivity index (χ2n) is 3.66.